The van der Waals surface area contributed by atoms with Crippen LogP contribution in [0.25, 0.3) is 0 Å². The van der Waals surface area contributed by atoms with Gasteiger partial charge < -0.3 is 10.6 Å². The predicted molar refractivity (Wildman–Crippen MR) is 95.9 cm³/mol. The van der Waals surface area contributed by atoms with E-state index >= 15 is 0 Å². The highest BCUT2D eigenvalue weighted by atomic mass is 16.2. The summed E-state index contributed by atoms with van der Waals surface area (Å²) < 4.78 is 0. The van der Waals surface area contributed by atoms with Crippen LogP contribution in [0.15, 0.2) is 48.5 Å². The molecule has 0 spiro atoms. The number of anilines is 2. The largest absolute Gasteiger partial charge is 0.326 e. The molecule has 0 heterocycles. The summed E-state index contributed by atoms with van der Waals surface area (Å²) in [6, 6.07) is 15.5. The fourth-order valence-electron chi connectivity index (χ4n) is 2.50. The van der Waals surface area contributed by atoms with E-state index in [1.807, 2.05) is 25.1 Å². The highest BCUT2D eigenvalue weighted by Crippen LogP contribution is 2.30. The first-order valence-corrected chi connectivity index (χ1v) is 8.36. The maximum absolute atomic E-state index is 12.1. The van der Waals surface area contributed by atoms with Crippen molar-refractivity contribution in [3.05, 3.63) is 59.7 Å². The van der Waals surface area contributed by atoms with E-state index in [1.54, 1.807) is 6.07 Å². The summed E-state index contributed by atoms with van der Waals surface area (Å²) in [6.45, 7) is 2.05. The van der Waals surface area contributed by atoms with Crippen LogP contribution < -0.4 is 10.6 Å². The number of hydrogen-bond donors (Lipinski definition) is 2. The molecule has 2 aromatic rings. The van der Waals surface area contributed by atoms with Gasteiger partial charge in [0.25, 0.3) is 0 Å². The molecule has 1 fully saturated rings. The number of carbonyl (C=O) groups is 2. The van der Waals surface area contributed by atoms with Gasteiger partial charge in [-0.3, -0.25) is 9.59 Å². The second kappa shape index (κ2) is 7.30. The molecule has 3 rings (SSSR count). The van der Waals surface area contributed by atoms with Crippen molar-refractivity contribution < 1.29 is 9.59 Å². The second-order valence-corrected chi connectivity index (χ2v) is 6.38. The molecule has 0 aromatic heterocycles. The molecule has 0 saturated heterocycles. The van der Waals surface area contributed by atoms with Crippen LogP contribution in [0.1, 0.15) is 30.4 Å². The Morgan fingerprint density at radius 2 is 1.67 bits per heavy atom. The molecule has 1 aliphatic rings. The first kappa shape index (κ1) is 16.2. The minimum Gasteiger partial charge on any atom is -0.326 e. The van der Waals surface area contributed by atoms with Gasteiger partial charge in [0, 0.05) is 23.7 Å². The molecular weight excluding hydrogens is 300 g/mol. The molecular formula is C20H22N2O2. The van der Waals surface area contributed by atoms with Crippen LogP contribution in [0.2, 0.25) is 0 Å². The van der Waals surface area contributed by atoms with E-state index in [2.05, 4.69) is 34.9 Å². The van der Waals surface area contributed by atoms with Gasteiger partial charge in [-0.25, -0.2) is 0 Å². The zero-order valence-corrected chi connectivity index (χ0v) is 13.8. The topological polar surface area (TPSA) is 58.2 Å². The molecule has 2 aromatic carbocycles. The van der Waals surface area contributed by atoms with Gasteiger partial charge in [0.1, 0.15) is 0 Å². The Balaban J connectivity index is 1.51. The first-order valence-electron chi connectivity index (χ1n) is 8.36. The van der Waals surface area contributed by atoms with E-state index < -0.39 is 0 Å². The van der Waals surface area contributed by atoms with Crippen molar-refractivity contribution in [2.24, 2.45) is 5.92 Å². The van der Waals surface area contributed by atoms with Crippen LogP contribution in [-0.4, -0.2) is 11.8 Å². The Morgan fingerprint density at radius 3 is 2.33 bits per heavy atom. The van der Waals surface area contributed by atoms with Crippen molar-refractivity contribution in [3.8, 4) is 0 Å². The van der Waals surface area contributed by atoms with Gasteiger partial charge in [-0.1, -0.05) is 35.9 Å². The molecule has 1 saturated carbocycles. The van der Waals surface area contributed by atoms with E-state index in [4.69, 9.17) is 0 Å². The Bertz CT molecular complexity index is 734. The summed E-state index contributed by atoms with van der Waals surface area (Å²) in [5.74, 6) is 0.205. The molecule has 0 atom stereocenters. The number of nitrogens with one attached hydrogen (secondary N) is 2. The van der Waals surface area contributed by atoms with E-state index in [0.717, 1.165) is 24.1 Å². The number of hydrogen-bond acceptors (Lipinski definition) is 2. The lowest BCUT2D eigenvalue weighted by Gasteiger charge is -2.09. The third kappa shape index (κ3) is 4.69. The number of rotatable bonds is 6. The van der Waals surface area contributed by atoms with Crippen molar-refractivity contribution in [1.29, 1.82) is 0 Å². The van der Waals surface area contributed by atoms with Crippen molar-refractivity contribution in [2.45, 2.75) is 32.6 Å². The summed E-state index contributed by atoms with van der Waals surface area (Å²) in [5.41, 5.74) is 3.80. The molecule has 1 aliphatic carbocycles. The number of benzene rings is 2. The molecule has 0 bridgehead atoms. The SMILES string of the molecule is Cc1ccc(CCC(=O)Nc2cccc(NC(=O)C3CC3)c2)cc1. The zero-order chi connectivity index (χ0) is 16.9. The lowest BCUT2D eigenvalue weighted by molar-refractivity contribution is -0.117. The summed E-state index contributed by atoms with van der Waals surface area (Å²) in [6.07, 6.45) is 3.09. The lowest BCUT2D eigenvalue weighted by atomic mass is 10.1. The summed E-state index contributed by atoms with van der Waals surface area (Å²) in [5, 5.41) is 5.78. The number of amides is 2. The van der Waals surface area contributed by atoms with Crippen LogP contribution in [0.3, 0.4) is 0 Å². The van der Waals surface area contributed by atoms with Gasteiger partial charge in [0.15, 0.2) is 0 Å². The lowest BCUT2D eigenvalue weighted by Crippen LogP contribution is -2.15. The minimum absolute atomic E-state index is 0.0266. The fraction of sp³-hybridized carbons (Fsp3) is 0.300. The van der Waals surface area contributed by atoms with Crippen LogP contribution in [0.5, 0.6) is 0 Å². The molecule has 4 nitrogen and oxygen atoms in total. The van der Waals surface area contributed by atoms with Gasteiger partial charge in [-0.15, -0.1) is 0 Å². The first-order chi connectivity index (χ1) is 11.6. The van der Waals surface area contributed by atoms with Crippen LogP contribution in [0, 0.1) is 12.8 Å². The molecule has 24 heavy (non-hydrogen) atoms. The average Bonchev–Trinajstić information content (AvgIpc) is 3.40. The maximum Gasteiger partial charge on any atom is 0.227 e. The third-order valence-corrected chi connectivity index (χ3v) is 4.12. The zero-order valence-electron chi connectivity index (χ0n) is 13.8. The van der Waals surface area contributed by atoms with Crippen molar-refractivity contribution in [3.63, 3.8) is 0 Å². The van der Waals surface area contributed by atoms with Gasteiger partial charge in [0.05, 0.1) is 0 Å². The van der Waals surface area contributed by atoms with E-state index in [0.29, 0.717) is 18.5 Å². The molecule has 0 unspecified atom stereocenters. The Hall–Kier alpha value is -2.62. The van der Waals surface area contributed by atoms with Gasteiger partial charge in [0.2, 0.25) is 11.8 Å². The molecule has 0 radical (unpaired) electrons. The second-order valence-electron chi connectivity index (χ2n) is 6.38. The van der Waals surface area contributed by atoms with E-state index in [1.165, 1.54) is 5.56 Å². The standard InChI is InChI=1S/C20H22N2O2/c1-14-5-7-15(8-6-14)9-12-19(23)21-17-3-2-4-18(13-17)22-20(24)16-10-11-16/h2-8,13,16H,9-12H2,1H3,(H,21,23)(H,22,24). The number of carbonyl (C=O) groups excluding carboxylic acids is 2. The van der Waals surface area contributed by atoms with Crippen LogP contribution in [0.4, 0.5) is 11.4 Å². The van der Waals surface area contributed by atoms with Crippen molar-refractivity contribution in [1.82, 2.24) is 0 Å². The fourth-order valence-corrected chi connectivity index (χ4v) is 2.50. The third-order valence-electron chi connectivity index (χ3n) is 4.12. The van der Waals surface area contributed by atoms with Gasteiger partial charge in [-0.05, 0) is 49.9 Å². The Labute approximate surface area is 142 Å². The van der Waals surface area contributed by atoms with Crippen LogP contribution in [-0.2, 0) is 16.0 Å². The molecule has 2 amide bonds. The molecule has 2 N–H and O–H groups in total. The van der Waals surface area contributed by atoms with E-state index in [9.17, 15) is 9.59 Å². The van der Waals surface area contributed by atoms with Crippen molar-refractivity contribution >= 4 is 23.2 Å². The van der Waals surface area contributed by atoms with E-state index in [-0.39, 0.29) is 17.7 Å². The number of aryl methyl sites for hydroxylation is 2. The summed E-state index contributed by atoms with van der Waals surface area (Å²) in [4.78, 5) is 23.9. The summed E-state index contributed by atoms with van der Waals surface area (Å²) in [7, 11) is 0. The average molecular weight is 322 g/mol. The molecule has 4 heteroatoms. The molecule has 124 valence electrons. The predicted octanol–water partition coefficient (Wildman–Crippen LogP) is 3.91. The highest BCUT2D eigenvalue weighted by Gasteiger charge is 2.29. The smallest absolute Gasteiger partial charge is 0.227 e. The van der Waals surface area contributed by atoms with Gasteiger partial charge in [-0.2, -0.15) is 0 Å². The van der Waals surface area contributed by atoms with Crippen molar-refractivity contribution in [2.75, 3.05) is 10.6 Å². The minimum atomic E-state index is -0.0266. The normalized spacial score (nSPS) is 13.4. The monoisotopic (exact) mass is 322 g/mol. The van der Waals surface area contributed by atoms with Crippen LogP contribution >= 0.6 is 0 Å². The van der Waals surface area contributed by atoms with Gasteiger partial charge >= 0.3 is 0 Å². The Morgan fingerprint density at radius 1 is 1.00 bits per heavy atom. The Kier molecular flexibility index (Phi) is 4.94. The summed E-state index contributed by atoms with van der Waals surface area (Å²) >= 11 is 0. The quantitative estimate of drug-likeness (QED) is 0.847. The highest BCUT2D eigenvalue weighted by molar-refractivity contribution is 5.95. The molecule has 0 aliphatic heterocycles. The maximum atomic E-state index is 12.1.